The van der Waals surface area contributed by atoms with E-state index in [0.29, 0.717) is 19.3 Å². The van der Waals surface area contributed by atoms with E-state index in [4.69, 9.17) is 14.2 Å². The van der Waals surface area contributed by atoms with Gasteiger partial charge in [-0.05, 0) is 96.3 Å². The van der Waals surface area contributed by atoms with E-state index in [1.54, 1.807) is 0 Å². The zero-order valence-electron chi connectivity index (χ0n) is 45.0. The lowest BCUT2D eigenvalue weighted by molar-refractivity contribution is -0.166. The Kier molecular flexibility index (Phi) is 53.5. The van der Waals surface area contributed by atoms with Gasteiger partial charge in [0, 0.05) is 19.3 Å². The number of carbonyl (C=O) groups excluding carboxylic acids is 3. The van der Waals surface area contributed by atoms with E-state index in [0.717, 1.165) is 109 Å². The number of carbonyl (C=O) groups is 3. The molecule has 0 saturated carbocycles. The maximum atomic E-state index is 12.9. The maximum Gasteiger partial charge on any atom is 0.306 e. The molecule has 0 aromatic carbocycles. The van der Waals surface area contributed by atoms with Gasteiger partial charge in [0.2, 0.25) is 0 Å². The average molecular weight is 968 g/mol. The molecule has 0 N–H and O–H groups in total. The topological polar surface area (TPSA) is 78.9 Å². The average Bonchev–Trinajstić information content (AvgIpc) is 3.36. The second-order valence-electron chi connectivity index (χ2n) is 18.2. The van der Waals surface area contributed by atoms with Crippen LogP contribution in [0.3, 0.4) is 0 Å². The summed E-state index contributed by atoms with van der Waals surface area (Å²) in [5, 5.41) is 0. The van der Waals surface area contributed by atoms with E-state index in [2.05, 4.69) is 106 Å². The number of ether oxygens (including phenoxy) is 3. The molecule has 0 aliphatic carbocycles. The van der Waals surface area contributed by atoms with Crippen LogP contribution in [0.2, 0.25) is 0 Å². The van der Waals surface area contributed by atoms with Crippen molar-refractivity contribution in [2.75, 3.05) is 13.2 Å². The molecule has 0 amide bonds. The van der Waals surface area contributed by atoms with Gasteiger partial charge in [-0.25, -0.2) is 0 Å². The van der Waals surface area contributed by atoms with Crippen molar-refractivity contribution in [1.82, 2.24) is 0 Å². The first-order valence-electron chi connectivity index (χ1n) is 28.3. The van der Waals surface area contributed by atoms with Crippen LogP contribution in [0.1, 0.15) is 233 Å². The van der Waals surface area contributed by atoms with Crippen molar-refractivity contribution in [2.24, 2.45) is 0 Å². The van der Waals surface area contributed by atoms with Crippen LogP contribution in [-0.4, -0.2) is 37.2 Å². The largest absolute Gasteiger partial charge is 0.462 e. The fourth-order valence-electron chi connectivity index (χ4n) is 7.28. The number of rotatable bonds is 49. The molecule has 0 aliphatic heterocycles. The normalized spacial score (nSPS) is 13.1. The van der Waals surface area contributed by atoms with E-state index in [1.165, 1.54) is 77.0 Å². The van der Waals surface area contributed by atoms with Crippen molar-refractivity contribution in [2.45, 2.75) is 239 Å². The molecule has 0 aliphatic rings. The van der Waals surface area contributed by atoms with Gasteiger partial charge in [0.05, 0.1) is 0 Å². The molecule has 0 spiro atoms. The minimum absolute atomic E-state index is 0.122. The van der Waals surface area contributed by atoms with Gasteiger partial charge < -0.3 is 14.2 Å². The first-order valence-corrected chi connectivity index (χ1v) is 28.3. The summed E-state index contributed by atoms with van der Waals surface area (Å²) in [6, 6.07) is 0. The fourth-order valence-corrected chi connectivity index (χ4v) is 7.28. The van der Waals surface area contributed by atoms with E-state index in [-0.39, 0.29) is 37.5 Å². The highest BCUT2D eigenvalue weighted by Crippen LogP contribution is 2.14. The Morgan fingerprint density at radius 3 is 1.14 bits per heavy atom. The van der Waals surface area contributed by atoms with Crippen LogP contribution in [0.15, 0.2) is 134 Å². The molecular weight excluding hydrogens is 865 g/mol. The Balaban J connectivity index is 4.57. The lowest BCUT2D eigenvalue weighted by Gasteiger charge is -2.18. The van der Waals surface area contributed by atoms with E-state index >= 15 is 0 Å². The van der Waals surface area contributed by atoms with Crippen molar-refractivity contribution < 1.29 is 28.6 Å². The first kappa shape index (κ1) is 65.5. The summed E-state index contributed by atoms with van der Waals surface area (Å²) in [5.74, 6) is -1.04. The smallest absolute Gasteiger partial charge is 0.306 e. The van der Waals surface area contributed by atoms with Gasteiger partial charge in [-0.3, -0.25) is 14.4 Å². The molecule has 1 atom stereocenters. The van der Waals surface area contributed by atoms with Crippen LogP contribution in [0, 0.1) is 0 Å². The van der Waals surface area contributed by atoms with Gasteiger partial charge in [-0.2, -0.15) is 0 Å². The lowest BCUT2D eigenvalue weighted by atomic mass is 10.1. The molecule has 6 nitrogen and oxygen atoms in total. The van der Waals surface area contributed by atoms with Crippen LogP contribution in [-0.2, 0) is 28.6 Å². The van der Waals surface area contributed by atoms with Gasteiger partial charge in [-0.15, -0.1) is 0 Å². The third-order valence-electron chi connectivity index (χ3n) is 11.5. The van der Waals surface area contributed by atoms with Gasteiger partial charge >= 0.3 is 17.9 Å². The van der Waals surface area contributed by atoms with Crippen molar-refractivity contribution in [1.29, 1.82) is 0 Å². The molecule has 0 fully saturated rings. The minimum Gasteiger partial charge on any atom is -0.462 e. The van der Waals surface area contributed by atoms with Crippen LogP contribution in [0.5, 0.6) is 0 Å². The zero-order valence-corrected chi connectivity index (χ0v) is 45.0. The van der Waals surface area contributed by atoms with Crippen LogP contribution in [0.4, 0.5) is 0 Å². The molecule has 0 radical (unpaired) electrons. The Bertz CT molecular complexity index is 1530. The predicted molar refractivity (Wildman–Crippen MR) is 302 cm³/mol. The SMILES string of the molecule is CC/C=C\C/C=C\C/C=C\C/C=C\C/C=C\CCC(=O)OCC(COC(=O)CCCCCCC\C=C/C=C\C=C/C=C\C=C/CCC)OC(=O)CCCCCCC/C=C\CCCCCCCCCCC. The summed E-state index contributed by atoms with van der Waals surface area (Å²) in [6.45, 7) is 6.34. The number of allylic oxidation sites excluding steroid dienone is 22. The fraction of sp³-hybridized carbons (Fsp3) is 0.609. The predicted octanol–water partition coefficient (Wildman–Crippen LogP) is 19.0. The highest BCUT2D eigenvalue weighted by atomic mass is 16.6. The molecule has 0 rings (SSSR count). The summed E-state index contributed by atoms with van der Waals surface area (Å²) < 4.78 is 16.8. The number of unbranched alkanes of at least 4 members (excludes halogenated alkanes) is 20. The summed E-state index contributed by atoms with van der Waals surface area (Å²) in [5.41, 5.74) is 0. The minimum atomic E-state index is -0.829. The first-order chi connectivity index (χ1) is 34.5. The van der Waals surface area contributed by atoms with Crippen LogP contribution >= 0.6 is 0 Å². The molecular formula is C64H102O6. The molecule has 0 saturated heterocycles. The second-order valence-corrected chi connectivity index (χ2v) is 18.2. The third kappa shape index (κ3) is 54.5. The van der Waals surface area contributed by atoms with Crippen molar-refractivity contribution in [3.05, 3.63) is 134 Å². The van der Waals surface area contributed by atoms with Crippen molar-refractivity contribution in [3.63, 3.8) is 0 Å². The van der Waals surface area contributed by atoms with Crippen molar-refractivity contribution in [3.8, 4) is 0 Å². The number of hydrogen-bond donors (Lipinski definition) is 0. The van der Waals surface area contributed by atoms with Crippen molar-refractivity contribution >= 4 is 17.9 Å². The van der Waals surface area contributed by atoms with Gasteiger partial charge in [0.15, 0.2) is 6.10 Å². The Morgan fingerprint density at radius 1 is 0.314 bits per heavy atom. The summed E-state index contributed by atoms with van der Waals surface area (Å²) in [7, 11) is 0. The Morgan fingerprint density at radius 2 is 0.671 bits per heavy atom. The molecule has 394 valence electrons. The zero-order chi connectivity index (χ0) is 50.7. The monoisotopic (exact) mass is 967 g/mol. The van der Waals surface area contributed by atoms with Crippen LogP contribution in [0.25, 0.3) is 0 Å². The van der Waals surface area contributed by atoms with Gasteiger partial charge in [0.1, 0.15) is 13.2 Å². The van der Waals surface area contributed by atoms with Gasteiger partial charge in [0.25, 0.3) is 0 Å². The standard InChI is InChI=1S/C64H102O6/c1-4-7-10-13-16-19-22-25-28-31-33-36-39-42-45-48-51-54-57-63(66)69-60-61(59-68-62(65)56-53-50-47-44-41-38-35-30-27-24-21-18-15-12-9-6-3)70-64(67)58-55-52-49-46-43-40-37-34-32-29-26-23-20-17-14-11-8-5-2/h9-10,12-13,16,18-19,21-22,25,27-28,30-31,33-34,36-38,41,47,50,61H,4-8,11,14-15,17,20,23-24,26,29,32,35,39-40,42-46,48-49,51-60H2,1-3H3/b12-9-,13-10-,19-16-,21-18-,25-22-,30-27-,31-28-,36-33-,37-34-,41-38-,50-47-. The lowest BCUT2D eigenvalue weighted by Crippen LogP contribution is -2.30. The maximum absolute atomic E-state index is 12.9. The number of esters is 3. The van der Waals surface area contributed by atoms with E-state index < -0.39 is 6.10 Å². The summed E-state index contributed by atoms with van der Waals surface area (Å²) in [6.07, 6.45) is 80.2. The Hall–Kier alpha value is -4.45. The highest BCUT2D eigenvalue weighted by molar-refractivity contribution is 5.71. The molecule has 0 bridgehead atoms. The molecule has 1 unspecified atom stereocenters. The quantitative estimate of drug-likeness (QED) is 0.0199. The number of hydrogen-bond acceptors (Lipinski definition) is 6. The van der Waals surface area contributed by atoms with E-state index in [1.807, 2.05) is 48.6 Å². The summed E-state index contributed by atoms with van der Waals surface area (Å²) >= 11 is 0. The molecule has 0 aromatic heterocycles. The third-order valence-corrected chi connectivity index (χ3v) is 11.5. The van der Waals surface area contributed by atoms with Gasteiger partial charge in [-0.1, -0.05) is 251 Å². The molecule has 70 heavy (non-hydrogen) atoms. The Labute approximate surface area is 430 Å². The highest BCUT2D eigenvalue weighted by Gasteiger charge is 2.19. The van der Waals surface area contributed by atoms with E-state index in [9.17, 15) is 14.4 Å². The van der Waals surface area contributed by atoms with Crippen LogP contribution < -0.4 is 0 Å². The molecule has 0 heterocycles. The molecule has 0 aromatic rings. The molecule has 6 heteroatoms. The second kappa shape index (κ2) is 57.1. The summed E-state index contributed by atoms with van der Waals surface area (Å²) in [4.78, 5) is 38.1.